The van der Waals surface area contributed by atoms with Gasteiger partial charge in [-0.1, -0.05) is 42.0 Å². The molecule has 2 atom stereocenters. The van der Waals surface area contributed by atoms with Crippen LogP contribution in [0.1, 0.15) is 40.8 Å². The number of esters is 1. The second-order valence-electron chi connectivity index (χ2n) is 8.24. The van der Waals surface area contributed by atoms with Gasteiger partial charge in [-0.2, -0.15) is 4.31 Å². The summed E-state index contributed by atoms with van der Waals surface area (Å²) in [5.41, 5.74) is 2.59. The molecule has 1 N–H and O–H groups in total. The van der Waals surface area contributed by atoms with Gasteiger partial charge in [-0.15, -0.1) is 0 Å². The van der Waals surface area contributed by atoms with Crippen LogP contribution in [-0.4, -0.2) is 37.7 Å². The molecular weight excluding hydrogens is 458 g/mol. The number of sulfonamides is 1. The average Bonchev–Trinajstić information content (AvgIpc) is 3.41. The Kier molecular flexibility index (Phi) is 5.45. The van der Waals surface area contributed by atoms with Crippen molar-refractivity contribution in [2.75, 3.05) is 13.9 Å². The molecule has 5 rings (SSSR count). The number of carbonyl (C=O) groups is 1. The van der Waals surface area contributed by atoms with Crippen LogP contribution in [0.4, 0.5) is 0 Å². The molecule has 8 nitrogen and oxygen atoms in total. The van der Waals surface area contributed by atoms with Gasteiger partial charge in [0.25, 0.3) is 0 Å². The third-order valence-electron chi connectivity index (χ3n) is 6.21. The number of phenols is 1. The lowest BCUT2D eigenvalue weighted by molar-refractivity contribution is -0.141. The molecular formula is C25H23NO7S. The monoisotopic (exact) mass is 481 g/mol. The minimum absolute atomic E-state index is 0.00975. The smallest absolute Gasteiger partial charge is 0.307 e. The zero-order valence-electron chi connectivity index (χ0n) is 18.6. The van der Waals surface area contributed by atoms with E-state index in [2.05, 4.69) is 0 Å². The molecule has 2 aliphatic rings. The predicted octanol–water partition coefficient (Wildman–Crippen LogP) is 3.83. The third-order valence-corrected chi connectivity index (χ3v) is 8.10. The molecule has 0 saturated heterocycles. The lowest BCUT2D eigenvalue weighted by Crippen LogP contribution is -2.35. The minimum atomic E-state index is -4.11. The number of hydrogen-bond acceptors (Lipinski definition) is 7. The molecule has 2 aliphatic heterocycles. The summed E-state index contributed by atoms with van der Waals surface area (Å²) >= 11 is 0. The SMILES string of the molecule is COC(=O)C[C@H]1c2ccccc2[C@@H](c2cc3c(cc2O)OCO3)N1S(=O)(=O)c1ccc(C)cc1. The molecule has 3 aromatic rings. The molecule has 0 amide bonds. The molecule has 0 fully saturated rings. The lowest BCUT2D eigenvalue weighted by atomic mass is 9.96. The number of rotatable bonds is 5. The first-order valence-corrected chi connectivity index (χ1v) is 12.1. The van der Waals surface area contributed by atoms with Crippen molar-refractivity contribution in [2.24, 2.45) is 0 Å². The number of benzene rings is 3. The molecule has 0 unspecified atom stereocenters. The zero-order valence-corrected chi connectivity index (χ0v) is 19.4. The van der Waals surface area contributed by atoms with Crippen molar-refractivity contribution in [1.29, 1.82) is 0 Å². The van der Waals surface area contributed by atoms with Gasteiger partial charge in [0.15, 0.2) is 11.5 Å². The van der Waals surface area contributed by atoms with Crippen molar-refractivity contribution < 1.29 is 32.5 Å². The molecule has 9 heteroatoms. The maximum Gasteiger partial charge on any atom is 0.307 e. The highest BCUT2D eigenvalue weighted by atomic mass is 32.2. The van der Waals surface area contributed by atoms with Gasteiger partial charge in [-0.3, -0.25) is 4.79 Å². The fourth-order valence-corrected chi connectivity index (χ4v) is 6.32. The summed E-state index contributed by atoms with van der Waals surface area (Å²) in [6, 6.07) is 15.0. The Morgan fingerprint density at radius 2 is 1.68 bits per heavy atom. The van der Waals surface area contributed by atoms with Crippen LogP contribution in [0, 0.1) is 6.92 Å². The molecule has 0 aromatic heterocycles. The van der Waals surface area contributed by atoms with Crippen LogP contribution in [0.3, 0.4) is 0 Å². The number of carbonyl (C=O) groups excluding carboxylic acids is 1. The summed E-state index contributed by atoms with van der Waals surface area (Å²) in [5, 5.41) is 10.9. The molecule has 176 valence electrons. The topological polar surface area (TPSA) is 102 Å². The number of phenolic OH excluding ortho intramolecular Hbond substituents is 1. The number of ether oxygens (including phenoxy) is 3. The van der Waals surface area contributed by atoms with Gasteiger partial charge >= 0.3 is 5.97 Å². The number of nitrogens with zero attached hydrogens (tertiary/aromatic N) is 1. The van der Waals surface area contributed by atoms with Crippen molar-refractivity contribution in [1.82, 2.24) is 4.31 Å². The van der Waals surface area contributed by atoms with Crippen molar-refractivity contribution in [3.05, 3.63) is 82.9 Å². The number of hydrogen-bond donors (Lipinski definition) is 1. The third kappa shape index (κ3) is 3.57. The van der Waals surface area contributed by atoms with Gasteiger partial charge in [-0.05, 0) is 36.2 Å². The van der Waals surface area contributed by atoms with Gasteiger partial charge in [0.05, 0.1) is 30.5 Å². The number of methoxy groups -OCH3 is 1. The molecule has 0 spiro atoms. The Labute approximate surface area is 197 Å². The summed E-state index contributed by atoms with van der Waals surface area (Å²) < 4.78 is 45.1. The van der Waals surface area contributed by atoms with E-state index in [0.29, 0.717) is 28.2 Å². The van der Waals surface area contributed by atoms with Crippen LogP contribution in [0.2, 0.25) is 0 Å². The highest BCUT2D eigenvalue weighted by Gasteiger charge is 2.48. The van der Waals surface area contributed by atoms with E-state index in [1.807, 2.05) is 6.92 Å². The molecule has 3 aromatic carbocycles. The van der Waals surface area contributed by atoms with E-state index in [4.69, 9.17) is 14.2 Å². The van der Waals surface area contributed by atoms with Crippen LogP contribution in [-0.2, 0) is 19.6 Å². The van der Waals surface area contributed by atoms with Crippen molar-refractivity contribution in [3.8, 4) is 17.2 Å². The van der Waals surface area contributed by atoms with Crippen LogP contribution in [0.25, 0.3) is 0 Å². The van der Waals surface area contributed by atoms with E-state index in [9.17, 15) is 18.3 Å². The Hall–Kier alpha value is -3.56. The highest BCUT2D eigenvalue weighted by molar-refractivity contribution is 7.89. The quantitative estimate of drug-likeness (QED) is 0.553. The van der Waals surface area contributed by atoms with Gasteiger partial charge in [0, 0.05) is 11.6 Å². The van der Waals surface area contributed by atoms with E-state index in [1.54, 1.807) is 54.6 Å². The number of aromatic hydroxyl groups is 1. The predicted molar refractivity (Wildman–Crippen MR) is 122 cm³/mol. The lowest BCUT2D eigenvalue weighted by Gasteiger charge is -2.30. The largest absolute Gasteiger partial charge is 0.507 e. The fraction of sp³-hybridized carbons (Fsp3) is 0.240. The van der Waals surface area contributed by atoms with E-state index in [-0.39, 0.29) is 23.9 Å². The molecule has 2 heterocycles. The average molecular weight is 482 g/mol. The molecule has 34 heavy (non-hydrogen) atoms. The summed E-state index contributed by atoms with van der Waals surface area (Å²) in [7, 11) is -2.84. The second kappa shape index (κ2) is 8.34. The van der Waals surface area contributed by atoms with Crippen LogP contribution in [0.15, 0.2) is 65.6 Å². The first-order valence-electron chi connectivity index (χ1n) is 10.7. The minimum Gasteiger partial charge on any atom is -0.507 e. The maximum absolute atomic E-state index is 14.1. The second-order valence-corrected chi connectivity index (χ2v) is 10.1. The van der Waals surface area contributed by atoms with Gasteiger partial charge in [0.1, 0.15) is 5.75 Å². The van der Waals surface area contributed by atoms with E-state index < -0.39 is 28.1 Å². The number of fused-ring (bicyclic) bond motifs is 2. The Morgan fingerprint density at radius 1 is 1.03 bits per heavy atom. The summed E-state index contributed by atoms with van der Waals surface area (Å²) in [6.45, 7) is 1.88. The van der Waals surface area contributed by atoms with Crippen LogP contribution in [0.5, 0.6) is 17.2 Å². The summed E-state index contributed by atoms with van der Waals surface area (Å²) in [6.07, 6.45) is -0.180. The molecule has 0 radical (unpaired) electrons. The van der Waals surface area contributed by atoms with E-state index >= 15 is 0 Å². The first-order chi connectivity index (χ1) is 16.3. The van der Waals surface area contributed by atoms with Crippen LogP contribution < -0.4 is 9.47 Å². The molecule has 0 saturated carbocycles. The standard InChI is InChI=1S/C25H23NO7S/c1-15-7-9-16(10-8-15)34(29,30)26-20(12-24(28)31-2)17-5-3-4-6-18(17)25(26)19-11-22-23(13-21(19)27)33-14-32-22/h3-11,13,20,25,27H,12,14H2,1-2H3/t20-,25-/m0/s1. The van der Waals surface area contributed by atoms with Crippen molar-refractivity contribution in [3.63, 3.8) is 0 Å². The number of aryl methyl sites for hydroxylation is 1. The first kappa shape index (κ1) is 22.2. The molecule has 0 aliphatic carbocycles. The van der Waals surface area contributed by atoms with E-state index in [0.717, 1.165) is 5.56 Å². The van der Waals surface area contributed by atoms with Crippen molar-refractivity contribution >= 4 is 16.0 Å². The molecule has 0 bridgehead atoms. The normalized spacial score (nSPS) is 19.1. The zero-order chi connectivity index (χ0) is 24.0. The van der Waals surface area contributed by atoms with Gasteiger partial charge < -0.3 is 19.3 Å². The maximum atomic E-state index is 14.1. The Morgan fingerprint density at radius 3 is 2.35 bits per heavy atom. The van der Waals surface area contributed by atoms with Gasteiger partial charge in [0.2, 0.25) is 16.8 Å². The van der Waals surface area contributed by atoms with Crippen LogP contribution >= 0.6 is 0 Å². The summed E-state index contributed by atoms with van der Waals surface area (Å²) in [4.78, 5) is 12.5. The fourth-order valence-electron chi connectivity index (χ4n) is 4.57. The van der Waals surface area contributed by atoms with E-state index in [1.165, 1.54) is 17.5 Å². The summed E-state index contributed by atoms with van der Waals surface area (Å²) in [5.74, 6) is 0.118. The highest BCUT2D eigenvalue weighted by Crippen LogP contribution is 2.53. The Bertz CT molecular complexity index is 1370. The van der Waals surface area contributed by atoms with Gasteiger partial charge in [-0.25, -0.2) is 8.42 Å². The van der Waals surface area contributed by atoms with Crippen molar-refractivity contribution in [2.45, 2.75) is 30.3 Å². The Balaban J connectivity index is 1.74.